The standard InChI is InChI=1S/C17H23N5O.ClH/c1-13(21(2)17(23)15-7-9-18-10-8-15)14-3-5-16(6-4-14)22-12-19-11-20-22;/h3-6,11-13,15,18H,7-10H2,1-2H3;1H. The van der Waals surface area contributed by atoms with Crippen LogP contribution in [0.2, 0.25) is 0 Å². The van der Waals surface area contributed by atoms with E-state index in [2.05, 4.69) is 22.3 Å². The van der Waals surface area contributed by atoms with Crippen LogP contribution in [0, 0.1) is 5.92 Å². The minimum Gasteiger partial charge on any atom is -0.339 e. The lowest BCUT2D eigenvalue weighted by Gasteiger charge is -2.31. The van der Waals surface area contributed by atoms with Gasteiger partial charge in [0.05, 0.1) is 11.7 Å². The quantitative estimate of drug-likeness (QED) is 0.919. The molecule has 1 aromatic carbocycles. The average Bonchev–Trinajstić information content (AvgIpc) is 3.15. The number of benzene rings is 1. The highest BCUT2D eigenvalue weighted by atomic mass is 35.5. The lowest BCUT2D eigenvalue weighted by molar-refractivity contribution is -0.137. The Morgan fingerprint density at radius 1 is 1.29 bits per heavy atom. The van der Waals surface area contributed by atoms with Gasteiger partial charge in [-0.05, 0) is 50.6 Å². The number of carbonyl (C=O) groups is 1. The van der Waals surface area contributed by atoms with E-state index in [9.17, 15) is 4.79 Å². The van der Waals surface area contributed by atoms with Gasteiger partial charge in [-0.25, -0.2) is 9.67 Å². The van der Waals surface area contributed by atoms with Crippen LogP contribution in [0.25, 0.3) is 5.69 Å². The van der Waals surface area contributed by atoms with Crippen LogP contribution < -0.4 is 5.32 Å². The molecule has 2 heterocycles. The van der Waals surface area contributed by atoms with Gasteiger partial charge in [0, 0.05) is 13.0 Å². The summed E-state index contributed by atoms with van der Waals surface area (Å²) in [5.74, 6) is 0.400. The van der Waals surface area contributed by atoms with Crippen LogP contribution in [0.5, 0.6) is 0 Å². The molecule has 0 bridgehead atoms. The van der Waals surface area contributed by atoms with Crippen LogP contribution in [0.4, 0.5) is 0 Å². The summed E-state index contributed by atoms with van der Waals surface area (Å²) in [7, 11) is 1.90. The van der Waals surface area contributed by atoms with E-state index < -0.39 is 0 Å². The Morgan fingerprint density at radius 2 is 1.96 bits per heavy atom. The van der Waals surface area contributed by atoms with Crippen LogP contribution in [0.1, 0.15) is 31.4 Å². The molecule has 0 spiro atoms. The van der Waals surface area contributed by atoms with Gasteiger partial charge < -0.3 is 10.2 Å². The van der Waals surface area contributed by atoms with Crippen LogP contribution in [-0.2, 0) is 4.79 Å². The fourth-order valence-corrected chi connectivity index (χ4v) is 3.02. The third kappa shape index (κ3) is 3.94. The van der Waals surface area contributed by atoms with Gasteiger partial charge >= 0.3 is 0 Å². The van der Waals surface area contributed by atoms with E-state index in [-0.39, 0.29) is 30.3 Å². The second kappa shape index (κ2) is 8.26. The summed E-state index contributed by atoms with van der Waals surface area (Å²) in [6.07, 6.45) is 5.05. The summed E-state index contributed by atoms with van der Waals surface area (Å²) in [4.78, 5) is 18.5. The highest BCUT2D eigenvalue weighted by Crippen LogP contribution is 2.24. The van der Waals surface area contributed by atoms with Gasteiger partial charge in [0.2, 0.25) is 5.91 Å². The van der Waals surface area contributed by atoms with E-state index >= 15 is 0 Å². The first-order valence-corrected chi connectivity index (χ1v) is 8.09. The fourth-order valence-electron chi connectivity index (χ4n) is 3.02. The lowest BCUT2D eigenvalue weighted by atomic mass is 9.95. The number of carbonyl (C=O) groups excluding carboxylic acids is 1. The van der Waals surface area contributed by atoms with Crippen molar-refractivity contribution in [2.24, 2.45) is 5.92 Å². The SMILES string of the molecule is CC(c1ccc(-n2cncn2)cc1)N(C)C(=O)C1CCNCC1.Cl. The van der Waals surface area contributed by atoms with Crippen molar-refractivity contribution in [2.45, 2.75) is 25.8 Å². The van der Waals surface area contributed by atoms with Gasteiger partial charge in [-0.3, -0.25) is 4.79 Å². The molecule has 1 aromatic heterocycles. The van der Waals surface area contributed by atoms with Crippen molar-refractivity contribution in [3.63, 3.8) is 0 Å². The largest absolute Gasteiger partial charge is 0.339 e. The molecular weight excluding hydrogens is 326 g/mol. The number of amides is 1. The number of halogens is 1. The summed E-state index contributed by atoms with van der Waals surface area (Å²) in [6.45, 7) is 3.94. The van der Waals surface area contributed by atoms with Gasteiger partial charge in [0.1, 0.15) is 12.7 Å². The molecule has 24 heavy (non-hydrogen) atoms. The highest BCUT2D eigenvalue weighted by molar-refractivity contribution is 5.85. The molecule has 2 aromatic rings. The van der Waals surface area contributed by atoms with Crippen molar-refractivity contribution in [3.05, 3.63) is 42.5 Å². The molecule has 1 aliphatic heterocycles. The molecule has 130 valence electrons. The topological polar surface area (TPSA) is 63.1 Å². The Balaban J connectivity index is 0.00000208. The maximum Gasteiger partial charge on any atom is 0.226 e. The van der Waals surface area contributed by atoms with Crippen molar-refractivity contribution < 1.29 is 4.79 Å². The van der Waals surface area contributed by atoms with Gasteiger partial charge in [-0.2, -0.15) is 5.10 Å². The summed E-state index contributed by atoms with van der Waals surface area (Å²) >= 11 is 0. The second-order valence-electron chi connectivity index (χ2n) is 6.08. The number of aromatic nitrogens is 3. The maximum atomic E-state index is 12.6. The van der Waals surface area contributed by atoms with E-state index in [1.54, 1.807) is 11.0 Å². The summed E-state index contributed by atoms with van der Waals surface area (Å²) in [5, 5.41) is 7.43. The highest BCUT2D eigenvalue weighted by Gasteiger charge is 2.26. The smallest absolute Gasteiger partial charge is 0.226 e. The van der Waals surface area contributed by atoms with E-state index in [1.807, 2.05) is 36.2 Å². The molecule has 1 N–H and O–H groups in total. The third-order valence-electron chi connectivity index (χ3n) is 4.68. The molecule has 1 amide bonds. The molecule has 1 atom stereocenters. The number of nitrogens with one attached hydrogen (secondary N) is 1. The summed E-state index contributed by atoms with van der Waals surface area (Å²) in [6, 6.07) is 8.16. The Hall–Kier alpha value is -1.92. The molecule has 0 aliphatic carbocycles. The minimum absolute atomic E-state index is 0. The number of rotatable bonds is 4. The molecule has 3 rings (SSSR count). The Labute approximate surface area is 148 Å². The fraction of sp³-hybridized carbons (Fsp3) is 0.471. The minimum atomic E-state index is 0. The number of piperidine rings is 1. The number of hydrogen-bond acceptors (Lipinski definition) is 4. The second-order valence-corrected chi connectivity index (χ2v) is 6.08. The van der Waals surface area contributed by atoms with Crippen molar-refractivity contribution in [1.29, 1.82) is 0 Å². The van der Waals surface area contributed by atoms with Gasteiger partial charge in [0.25, 0.3) is 0 Å². The van der Waals surface area contributed by atoms with Crippen molar-refractivity contribution in [1.82, 2.24) is 25.0 Å². The Bertz CT molecular complexity index is 638. The zero-order chi connectivity index (χ0) is 16.2. The third-order valence-corrected chi connectivity index (χ3v) is 4.68. The van der Waals surface area contributed by atoms with Crippen LogP contribution in [0.3, 0.4) is 0 Å². The van der Waals surface area contributed by atoms with Crippen LogP contribution in [-0.4, -0.2) is 45.7 Å². The van der Waals surface area contributed by atoms with Crippen LogP contribution in [0.15, 0.2) is 36.9 Å². The molecule has 1 fully saturated rings. The molecule has 0 radical (unpaired) electrons. The first-order chi connectivity index (χ1) is 11.2. The maximum absolute atomic E-state index is 12.6. The van der Waals surface area contributed by atoms with E-state index in [4.69, 9.17) is 0 Å². The van der Waals surface area contributed by atoms with Crippen molar-refractivity contribution in [3.8, 4) is 5.69 Å². The zero-order valence-electron chi connectivity index (χ0n) is 14.1. The number of nitrogens with zero attached hydrogens (tertiary/aromatic N) is 4. The lowest BCUT2D eigenvalue weighted by Crippen LogP contribution is -2.40. The summed E-state index contributed by atoms with van der Waals surface area (Å²) < 4.78 is 1.72. The predicted octanol–water partition coefficient (Wildman–Crippen LogP) is 2.21. The molecule has 1 saturated heterocycles. The number of hydrogen-bond donors (Lipinski definition) is 1. The van der Waals surface area contributed by atoms with E-state index in [1.165, 1.54) is 6.33 Å². The summed E-state index contributed by atoms with van der Waals surface area (Å²) in [5.41, 5.74) is 2.09. The Morgan fingerprint density at radius 3 is 2.54 bits per heavy atom. The van der Waals surface area contributed by atoms with Gasteiger partial charge in [-0.15, -0.1) is 12.4 Å². The molecular formula is C17H24ClN5O. The van der Waals surface area contributed by atoms with E-state index in [0.717, 1.165) is 37.2 Å². The van der Waals surface area contributed by atoms with Crippen molar-refractivity contribution in [2.75, 3.05) is 20.1 Å². The normalized spacial score (nSPS) is 16.2. The average molecular weight is 350 g/mol. The first-order valence-electron chi connectivity index (χ1n) is 8.09. The molecule has 1 unspecified atom stereocenters. The van der Waals surface area contributed by atoms with Crippen LogP contribution >= 0.6 is 12.4 Å². The molecule has 6 nitrogen and oxygen atoms in total. The zero-order valence-corrected chi connectivity index (χ0v) is 14.9. The predicted molar refractivity (Wildman–Crippen MR) is 95.4 cm³/mol. The monoisotopic (exact) mass is 349 g/mol. The van der Waals surface area contributed by atoms with E-state index in [0.29, 0.717) is 0 Å². The molecule has 0 saturated carbocycles. The molecule has 1 aliphatic rings. The first kappa shape index (κ1) is 18.4. The molecule has 7 heteroatoms. The Kier molecular flexibility index (Phi) is 6.34. The van der Waals surface area contributed by atoms with Gasteiger partial charge in [-0.1, -0.05) is 12.1 Å². The van der Waals surface area contributed by atoms with Crippen molar-refractivity contribution >= 4 is 18.3 Å². The van der Waals surface area contributed by atoms with Gasteiger partial charge in [0.15, 0.2) is 0 Å².